The smallest absolute Gasteiger partial charge is 0.272 e. The van der Waals surface area contributed by atoms with Gasteiger partial charge in [0, 0.05) is 205 Å². The molecule has 0 spiro atoms. The van der Waals surface area contributed by atoms with E-state index in [-0.39, 0.29) is 162 Å². The third-order valence-corrected chi connectivity index (χ3v) is 22.5. The molecular formula is C85H93N13O12S2Y2-2. The first-order valence-electron chi connectivity index (χ1n) is 37.3. The van der Waals surface area contributed by atoms with Crippen molar-refractivity contribution >= 4 is 135 Å². The predicted molar refractivity (Wildman–Crippen MR) is 442 cm³/mol. The molecule has 590 valence electrons. The van der Waals surface area contributed by atoms with Crippen molar-refractivity contribution in [3.63, 3.8) is 0 Å². The second-order valence-electron chi connectivity index (χ2n) is 29.1. The Hall–Kier alpha value is -9.47. The number of likely N-dealkylation sites (N-methyl/N-ethyl adjacent to an activating group) is 2. The third-order valence-electron chi connectivity index (χ3n) is 20.2. The quantitative estimate of drug-likeness (QED) is 0.0169. The Labute approximate surface area is 721 Å². The summed E-state index contributed by atoms with van der Waals surface area (Å²) < 4.78 is 29.0. The van der Waals surface area contributed by atoms with Crippen molar-refractivity contribution in [1.29, 1.82) is 0 Å². The number of Topliss-reactive ketones (excluding diaryl/α,β-unsaturated/α-hetero) is 1. The Morgan fingerprint density at radius 3 is 1.61 bits per heavy atom. The van der Waals surface area contributed by atoms with Gasteiger partial charge in [0.25, 0.3) is 29.5 Å². The van der Waals surface area contributed by atoms with Gasteiger partial charge in [-0.25, -0.2) is 13.1 Å². The molecule has 4 aliphatic rings. The maximum atomic E-state index is 13.9. The van der Waals surface area contributed by atoms with Gasteiger partial charge in [0.1, 0.15) is 17.2 Å². The molecule has 2 radical (unpaired) electrons. The number of nitrogens with one attached hydrogen (secondary N) is 7. The normalized spacial score (nSPS) is 14.4. The topological polar surface area (TPSA) is 281 Å². The molecule has 10 aromatic rings. The molecule has 0 saturated carbocycles. The molecule has 0 aliphatic carbocycles. The SMILES string of the molecule is CNC(=O)CCC(=O)Cc1cc2cc(NC(=O)c3cc(NC(=O)CCCOc4cc5c(cc4OC)C(=O)N4c6ccccc6C[C@H]4[CH-]N5C)cn3C)ccc2s1.CNCC(C)(C)CNC(=O)c1cc2cc(NC(=O)c3cc(NCCCCOc4cc5c(cc4OC)C(=O)N4c6ccccc6C[C@H]4[CH-]N5C)cn3C)ccc2s1.[Y].[Y]. The molecule has 6 aromatic carbocycles. The van der Waals surface area contributed by atoms with E-state index < -0.39 is 0 Å². The minimum absolute atomic E-state index is 0. The van der Waals surface area contributed by atoms with E-state index >= 15 is 0 Å². The zero-order valence-corrected chi connectivity index (χ0v) is 72.9. The number of ketones is 1. The average Bonchev–Trinajstić information content (AvgIpc) is 1.60. The van der Waals surface area contributed by atoms with Gasteiger partial charge < -0.3 is 84.9 Å². The van der Waals surface area contributed by atoms with Crippen LogP contribution >= 0.6 is 22.7 Å². The summed E-state index contributed by atoms with van der Waals surface area (Å²) in [5.74, 6) is 0.807. The standard InChI is InChI=1S/C43H50N7O5S.C42H43N6O7S.2Y/c1-43(2,25-44-3)26-46-41(52)39-19-28-17-29(13-14-38(28)56-39)47-40(51)35-20-30(23-48(35)4)45-15-9-10-16-55-37-22-34-32(21-36(37)54-6)42(53)50-31(24-49(34)5)18-27-11-7-8-12-33(27)50;1-43-39(50)14-12-30(49)20-31-18-26-16-27(11-13-38(26)56-31)45-41(52)35-19-28(23-46(35)2)44-40(51)10-7-15-55-37-22-34-32(21-36(37)54-4)42(53)48-29(24-47(34)3)17-25-8-5-6-9-33(25)48;;/h7-8,11-14,17,19-24,31,44-45H,9-10,15-16,18,25-26H2,1-6H3,(H,46,52)(H,47,51);5-6,8-9,11,13,16,18-19,21-24,29H,7,10,12,14-15,17,20H2,1-4H3,(H,43,50)(H,44,51)(H,45,52);;/q2*-1;;/t31-;29-;;/m00../s1. The summed E-state index contributed by atoms with van der Waals surface area (Å²) in [5.41, 5.74) is 10.2. The van der Waals surface area contributed by atoms with Gasteiger partial charge >= 0.3 is 0 Å². The van der Waals surface area contributed by atoms with Gasteiger partial charge in [0.15, 0.2) is 23.0 Å². The van der Waals surface area contributed by atoms with Crippen LogP contribution in [0, 0.1) is 18.5 Å². The molecule has 114 heavy (non-hydrogen) atoms. The molecule has 4 aliphatic heterocycles. The summed E-state index contributed by atoms with van der Waals surface area (Å²) in [7, 11) is 14.0. The van der Waals surface area contributed by atoms with E-state index in [0.29, 0.717) is 99.3 Å². The molecule has 0 bridgehead atoms. The molecule has 25 nitrogen and oxygen atoms in total. The van der Waals surface area contributed by atoms with Crippen LogP contribution in [0.3, 0.4) is 0 Å². The number of hydrogen-bond acceptors (Lipinski definition) is 18. The molecule has 7 N–H and O–H groups in total. The number of carbonyl (C=O) groups is 8. The number of nitrogens with zero attached hydrogens (tertiary/aromatic N) is 6. The van der Waals surface area contributed by atoms with E-state index in [1.54, 1.807) is 60.8 Å². The molecule has 14 rings (SSSR count). The van der Waals surface area contributed by atoms with E-state index in [9.17, 15) is 38.4 Å². The number of benzene rings is 6. The van der Waals surface area contributed by atoms with Gasteiger partial charge in [0.2, 0.25) is 11.8 Å². The van der Waals surface area contributed by atoms with Crippen LogP contribution in [-0.2, 0) is 113 Å². The van der Waals surface area contributed by atoms with E-state index in [4.69, 9.17) is 18.9 Å². The number of amides is 7. The average molecular weight is 1730 g/mol. The molecule has 7 amide bonds. The van der Waals surface area contributed by atoms with Crippen LogP contribution in [0.4, 0.5) is 45.5 Å². The minimum Gasteiger partial charge on any atom is -0.522 e. The second-order valence-corrected chi connectivity index (χ2v) is 31.4. The maximum absolute atomic E-state index is 13.9. The zero-order valence-electron chi connectivity index (χ0n) is 65.6. The van der Waals surface area contributed by atoms with Crippen molar-refractivity contribution in [2.75, 3.05) is 116 Å². The number of hydrogen-bond donors (Lipinski definition) is 7. The van der Waals surface area contributed by atoms with Crippen molar-refractivity contribution in [2.24, 2.45) is 19.5 Å². The van der Waals surface area contributed by atoms with Gasteiger partial charge in [-0.2, -0.15) is 0 Å². The van der Waals surface area contributed by atoms with Crippen LogP contribution in [0.1, 0.15) is 120 Å². The fraction of sp³-hybridized carbons (Fsp3) is 0.318. The number of carbonyl (C=O) groups excluding carboxylic acids is 8. The van der Waals surface area contributed by atoms with Crippen LogP contribution in [0.5, 0.6) is 23.0 Å². The Bertz CT molecular complexity index is 5270. The summed E-state index contributed by atoms with van der Waals surface area (Å²) in [4.78, 5) is 113. The molecule has 8 heterocycles. The minimum atomic E-state index is -0.342. The van der Waals surface area contributed by atoms with E-state index in [1.165, 1.54) is 35.3 Å². The molecule has 0 unspecified atom stereocenters. The number of methoxy groups -OCH3 is 2. The number of fused-ring (bicyclic) bond motifs is 10. The van der Waals surface area contributed by atoms with Gasteiger partial charge in [-0.1, -0.05) is 62.3 Å². The first-order valence-corrected chi connectivity index (χ1v) is 39.0. The summed E-state index contributed by atoms with van der Waals surface area (Å²) in [6.45, 7) is 11.1. The maximum Gasteiger partial charge on any atom is 0.272 e. The van der Waals surface area contributed by atoms with E-state index in [2.05, 4.69) is 76.3 Å². The van der Waals surface area contributed by atoms with Gasteiger partial charge in [-0.05, 0) is 165 Å². The first kappa shape index (κ1) is 85.4. The molecule has 4 aromatic heterocycles. The molecule has 29 heteroatoms. The number of ether oxygens (including phenoxy) is 4. The van der Waals surface area contributed by atoms with Crippen molar-refractivity contribution < 1.29 is 123 Å². The fourth-order valence-corrected chi connectivity index (χ4v) is 16.6. The van der Waals surface area contributed by atoms with Crippen LogP contribution in [0.2, 0.25) is 0 Å². The molecular weight excluding hydrogens is 1640 g/mol. The summed E-state index contributed by atoms with van der Waals surface area (Å²) >= 11 is 2.94. The van der Waals surface area contributed by atoms with Gasteiger partial charge in [-0.15, -0.1) is 22.7 Å². The molecule has 0 saturated heterocycles. The first-order chi connectivity index (χ1) is 53.9. The number of unbranched alkanes of at least 4 members (excludes halogenated alkanes) is 1. The summed E-state index contributed by atoms with van der Waals surface area (Å²) in [5, 5.41) is 22.8. The number of rotatable bonds is 29. The number of anilines is 8. The van der Waals surface area contributed by atoms with E-state index in [1.807, 2.05) is 151 Å². The Morgan fingerprint density at radius 1 is 0.526 bits per heavy atom. The fourth-order valence-electron chi connectivity index (χ4n) is 14.6. The predicted octanol–water partition coefficient (Wildman–Crippen LogP) is 13.0. The van der Waals surface area contributed by atoms with Crippen LogP contribution in [0.15, 0.2) is 146 Å². The van der Waals surface area contributed by atoms with Crippen molar-refractivity contribution in [1.82, 2.24) is 25.1 Å². The number of para-hydroxylation sites is 2. The van der Waals surface area contributed by atoms with Crippen LogP contribution in [0.25, 0.3) is 20.2 Å². The van der Waals surface area contributed by atoms with Gasteiger partial charge in [0.05, 0.1) is 54.8 Å². The molecule has 2 atom stereocenters. The Morgan fingerprint density at radius 2 is 1.05 bits per heavy atom. The number of aryl methyl sites for hydroxylation is 2. The summed E-state index contributed by atoms with van der Waals surface area (Å²) in [6.07, 6.45) is 7.90. The third kappa shape index (κ3) is 19.7. The van der Waals surface area contributed by atoms with Crippen molar-refractivity contribution in [3.8, 4) is 23.0 Å². The van der Waals surface area contributed by atoms with Crippen molar-refractivity contribution in [2.45, 2.75) is 83.7 Å². The van der Waals surface area contributed by atoms with E-state index in [0.717, 1.165) is 85.6 Å². The Balaban J connectivity index is 0.000000221. The number of thiophene rings is 2. The van der Waals surface area contributed by atoms with Crippen molar-refractivity contribution in [3.05, 3.63) is 202 Å². The van der Waals surface area contributed by atoms with Crippen LogP contribution < -0.4 is 75.8 Å². The Kier molecular flexibility index (Phi) is 28.4. The number of aromatic nitrogens is 2. The summed E-state index contributed by atoms with van der Waals surface area (Å²) in [6, 6.07) is 41.6. The zero-order chi connectivity index (χ0) is 79.1. The molecule has 0 fully saturated rings. The monoisotopic (exact) mass is 1730 g/mol. The van der Waals surface area contributed by atoms with Crippen LogP contribution in [-0.4, -0.2) is 144 Å². The largest absolute Gasteiger partial charge is 0.522 e. The van der Waals surface area contributed by atoms with Gasteiger partial charge in [-0.3, -0.25) is 38.4 Å². The second kappa shape index (κ2) is 37.9.